The topological polar surface area (TPSA) is 44.8 Å². The van der Waals surface area contributed by atoms with Gasteiger partial charge >= 0.3 is 0 Å². The molecule has 2 aliphatic rings. The molecule has 4 rings (SSSR count). The van der Waals surface area contributed by atoms with Crippen LogP contribution in [0.1, 0.15) is 25.7 Å². The van der Waals surface area contributed by atoms with Crippen molar-refractivity contribution < 1.29 is 0 Å². The van der Waals surface area contributed by atoms with E-state index < -0.39 is 0 Å². The molecule has 1 aliphatic carbocycles. The lowest BCUT2D eigenvalue weighted by molar-refractivity contribution is 0.500. The highest BCUT2D eigenvalue weighted by Gasteiger charge is 2.30. The Kier molecular flexibility index (Phi) is 2.28. The van der Waals surface area contributed by atoms with Crippen LogP contribution in [-0.4, -0.2) is 28.0 Å². The summed E-state index contributed by atoms with van der Waals surface area (Å²) in [6.45, 7) is 2.32. The van der Waals surface area contributed by atoms with Crippen LogP contribution in [0, 0.1) is 11.8 Å². The molecule has 0 aromatic carbocycles. The fourth-order valence-corrected chi connectivity index (χ4v) is 3.15. The van der Waals surface area contributed by atoms with Crippen molar-refractivity contribution in [1.82, 2.24) is 15.0 Å². The monoisotopic (exact) mass is 242 g/mol. The zero-order valence-electron chi connectivity index (χ0n) is 10.5. The SMILES string of the molecule is c1nc(N2CCC(CC3CC3)C2)c2cc[nH]c2n1. The Bertz CT molecular complexity index is 558. The number of hydrogen-bond acceptors (Lipinski definition) is 3. The Morgan fingerprint density at radius 1 is 1.22 bits per heavy atom. The van der Waals surface area contributed by atoms with Crippen LogP contribution in [0.2, 0.25) is 0 Å². The molecule has 1 N–H and O–H groups in total. The van der Waals surface area contributed by atoms with Crippen LogP contribution in [0.3, 0.4) is 0 Å². The van der Waals surface area contributed by atoms with E-state index in [-0.39, 0.29) is 0 Å². The maximum atomic E-state index is 4.49. The van der Waals surface area contributed by atoms with E-state index in [4.69, 9.17) is 0 Å². The van der Waals surface area contributed by atoms with E-state index in [1.165, 1.54) is 32.2 Å². The van der Waals surface area contributed by atoms with E-state index in [1.54, 1.807) is 6.33 Å². The van der Waals surface area contributed by atoms with E-state index in [0.717, 1.165) is 35.2 Å². The van der Waals surface area contributed by atoms with Crippen molar-refractivity contribution >= 4 is 16.9 Å². The average molecular weight is 242 g/mol. The minimum Gasteiger partial charge on any atom is -0.356 e. The smallest absolute Gasteiger partial charge is 0.142 e. The first-order valence-electron chi connectivity index (χ1n) is 6.93. The van der Waals surface area contributed by atoms with Gasteiger partial charge in [-0.2, -0.15) is 0 Å². The number of nitrogens with zero attached hydrogens (tertiary/aromatic N) is 3. The lowest BCUT2D eigenvalue weighted by Crippen LogP contribution is -2.21. The second-order valence-electron chi connectivity index (χ2n) is 5.72. The molecule has 1 atom stereocenters. The standard InChI is InChI=1S/C14H18N4/c1-2-10(1)7-11-4-6-18(8-11)14-12-3-5-15-13(12)16-9-17-14/h3,5,9-11H,1-2,4,6-8H2,(H,15,16,17). The van der Waals surface area contributed by atoms with Gasteiger partial charge in [0.15, 0.2) is 0 Å². The van der Waals surface area contributed by atoms with Crippen molar-refractivity contribution in [2.75, 3.05) is 18.0 Å². The van der Waals surface area contributed by atoms with Crippen molar-refractivity contribution in [2.45, 2.75) is 25.7 Å². The van der Waals surface area contributed by atoms with E-state index in [0.29, 0.717) is 0 Å². The first-order chi connectivity index (χ1) is 8.90. The number of hydrogen-bond donors (Lipinski definition) is 1. The summed E-state index contributed by atoms with van der Waals surface area (Å²) < 4.78 is 0. The number of fused-ring (bicyclic) bond motifs is 1. The summed E-state index contributed by atoms with van der Waals surface area (Å²) in [6, 6.07) is 2.08. The zero-order valence-corrected chi connectivity index (χ0v) is 10.5. The highest BCUT2D eigenvalue weighted by Crippen LogP contribution is 2.39. The Morgan fingerprint density at radius 2 is 2.17 bits per heavy atom. The van der Waals surface area contributed by atoms with Gasteiger partial charge in [-0.25, -0.2) is 9.97 Å². The molecule has 1 aliphatic heterocycles. The minimum atomic E-state index is 0.876. The summed E-state index contributed by atoms with van der Waals surface area (Å²) in [5.74, 6) is 3.02. The van der Waals surface area contributed by atoms with Gasteiger partial charge in [0.05, 0.1) is 5.39 Å². The quantitative estimate of drug-likeness (QED) is 0.899. The Hall–Kier alpha value is -1.58. The first kappa shape index (κ1) is 10.4. The van der Waals surface area contributed by atoms with Gasteiger partial charge < -0.3 is 9.88 Å². The molecule has 2 aromatic heterocycles. The fraction of sp³-hybridized carbons (Fsp3) is 0.571. The zero-order chi connectivity index (χ0) is 11.9. The molecule has 4 nitrogen and oxygen atoms in total. The summed E-state index contributed by atoms with van der Waals surface area (Å²) in [5.41, 5.74) is 0.950. The number of aromatic nitrogens is 3. The normalized spacial score (nSPS) is 24.0. The average Bonchev–Trinajstić information content (AvgIpc) is 2.91. The lowest BCUT2D eigenvalue weighted by Gasteiger charge is -2.18. The summed E-state index contributed by atoms with van der Waals surface area (Å²) in [4.78, 5) is 14.3. The van der Waals surface area contributed by atoms with Gasteiger partial charge in [0.1, 0.15) is 17.8 Å². The van der Waals surface area contributed by atoms with Crippen LogP contribution in [-0.2, 0) is 0 Å². The predicted molar refractivity (Wildman–Crippen MR) is 71.5 cm³/mol. The first-order valence-corrected chi connectivity index (χ1v) is 6.93. The Morgan fingerprint density at radius 3 is 3.06 bits per heavy atom. The third-order valence-corrected chi connectivity index (χ3v) is 4.28. The third kappa shape index (κ3) is 1.76. The van der Waals surface area contributed by atoms with Crippen LogP contribution in [0.5, 0.6) is 0 Å². The number of H-pyrrole nitrogens is 1. The molecule has 1 saturated heterocycles. The van der Waals surface area contributed by atoms with Crippen molar-refractivity contribution in [3.63, 3.8) is 0 Å². The highest BCUT2D eigenvalue weighted by molar-refractivity contribution is 5.87. The molecule has 0 radical (unpaired) electrons. The summed E-state index contributed by atoms with van der Waals surface area (Å²) in [6.07, 6.45) is 9.30. The molecule has 0 spiro atoms. The molecule has 94 valence electrons. The van der Waals surface area contributed by atoms with E-state index in [2.05, 4.69) is 25.9 Å². The van der Waals surface area contributed by atoms with E-state index in [1.807, 2.05) is 6.20 Å². The van der Waals surface area contributed by atoms with Crippen molar-refractivity contribution in [1.29, 1.82) is 0 Å². The fourth-order valence-electron chi connectivity index (χ4n) is 3.15. The van der Waals surface area contributed by atoms with Crippen LogP contribution in [0.15, 0.2) is 18.6 Å². The number of anilines is 1. The second-order valence-corrected chi connectivity index (χ2v) is 5.72. The molecule has 2 fully saturated rings. The number of nitrogens with one attached hydrogen (secondary N) is 1. The number of aromatic amines is 1. The maximum Gasteiger partial charge on any atom is 0.142 e. The largest absolute Gasteiger partial charge is 0.356 e. The van der Waals surface area contributed by atoms with Crippen LogP contribution in [0.4, 0.5) is 5.82 Å². The van der Waals surface area contributed by atoms with Gasteiger partial charge in [-0.3, -0.25) is 0 Å². The van der Waals surface area contributed by atoms with Crippen molar-refractivity contribution in [3.05, 3.63) is 18.6 Å². The van der Waals surface area contributed by atoms with Crippen molar-refractivity contribution in [3.8, 4) is 0 Å². The molecule has 1 unspecified atom stereocenters. The maximum absolute atomic E-state index is 4.49. The van der Waals surface area contributed by atoms with Gasteiger partial charge in [-0.05, 0) is 30.7 Å². The molecule has 0 bridgehead atoms. The second kappa shape index (κ2) is 3.97. The molecular weight excluding hydrogens is 224 g/mol. The molecule has 3 heterocycles. The van der Waals surface area contributed by atoms with Crippen LogP contribution < -0.4 is 4.90 Å². The lowest BCUT2D eigenvalue weighted by atomic mass is 10.0. The molecule has 1 saturated carbocycles. The van der Waals surface area contributed by atoms with Crippen LogP contribution >= 0.6 is 0 Å². The Labute approximate surface area is 106 Å². The van der Waals surface area contributed by atoms with E-state index in [9.17, 15) is 0 Å². The van der Waals surface area contributed by atoms with Gasteiger partial charge in [0.25, 0.3) is 0 Å². The molecular formula is C14H18N4. The van der Waals surface area contributed by atoms with Gasteiger partial charge in [0.2, 0.25) is 0 Å². The van der Waals surface area contributed by atoms with Gasteiger partial charge in [-0.1, -0.05) is 12.8 Å². The molecule has 2 aromatic rings. The molecule has 18 heavy (non-hydrogen) atoms. The summed E-state index contributed by atoms with van der Waals surface area (Å²) >= 11 is 0. The molecule has 0 amide bonds. The van der Waals surface area contributed by atoms with Crippen molar-refractivity contribution in [2.24, 2.45) is 11.8 Å². The van der Waals surface area contributed by atoms with Gasteiger partial charge in [0, 0.05) is 19.3 Å². The highest BCUT2D eigenvalue weighted by atomic mass is 15.2. The van der Waals surface area contributed by atoms with E-state index >= 15 is 0 Å². The molecule has 4 heteroatoms. The minimum absolute atomic E-state index is 0.876. The third-order valence-electron chi connectivity index (χ3n) is 4.28. The number of rotatable bonds is 3. The Balaban J connectivity index is 1.57. The van der Waals surface area contributed by atoms with Crippen LogP contribution in [0.25, 0.3) is 11.0 Å². The summed E-state index contributed by atoms with van der Waals surface area (Å²) in [5, 5.41) is 1.16. The van der Waals surface area contributed by atoms with Gasteiger partial charge in [-0.15, -0.1) is 0 Å². The summed E-state index contributed by atoms with van der Waals surface area (Å²) in [7, 11) is 0. The predicted octanol–water partition coefficient (Wildman–Crippen LogP) is 2.58.